The highest BCUT2D eigenvalue weighted by molar-refractivity contribution is 7.90. The number of hydrogen-bond donors (Lipinski definition) is 2. The summed E-state index contributed by atoms with van der Waals surface area (Å²) in [5, 5.41) is 3.37. The van der Waals surface area contributed by atoms with Crippen molar-refractivity contribution in [3.8, 4) is 0 Å². The van der Waals surface area contributed by atoms with E-state index in [-0.39, 0.29) is 0 Å². The minimum absolute atomic E-state index is 0.424. The normalized spacial score (nSPS) is 28.0. The van der Waals surface area contributed by atoms with Gasteiger partial charge >= 0.3 is 0 Å². The van der Waals surface area contributed by atoms with Crippen molar-refractivity contribution in [2.24, 2.45) is 5.92 Å². The minimum atomic E-state index is -3.19. The third-order valence-electron chi connectivity index (χ3n) is 3.13. The van der Waals surface area contributed by atoms with E-state index in [9.17, 15) is 8.42 Å². The Hall–Kier alpha value is -0.130. The molecular formula is C11H24N2O2S. The average Bonchev–Trinajstić information content (AvgIpc) is 2.15. The number of piperidine rings is 1. The second-order valence-corrected chi connectivity index (χ2v) is 8.24. The van der Waals surface area contributed by atoms with Gasteiger partial charge in [-0.2, -0.15) is 0 Å². The first kappa shape index (κ1) is 13.9. The molecule has 1 saturated heterocycles. The van der Waals surface area contributed by atoms with Gasteiger partial charge in [0.2, 0.25) is 10.0 Å². The smallest absolute Gasteiger partial charge is 0.216 e. The topological polar surface area (TPSA) is 58.2 Å². The van der Waals surface area contributed by atoms with Crippen LogP contribution >= 0.6 is 0 Å². The third-order valence-corrected chi connectivity index (χ3v) is 5.29. The summed E-state index contributed by atoms with van der Waals surface area (Å²) in [5.74, 6) is 0.424. The van der Waals surface area contributed by atoms with E-state index in [4.69, 9.17) is 0 Å². The van der Waals surface area contributed by atoms with Crippen LogP contribution in [0.25, 0.3) is 0 Å². The van der Waals surface area contributed by atoms with Crippen molar-refractivity contribution in [1.29, 1.82) is 0 Å². The van der Waals surface area contributed by atoms with Crippen LogP contribution in [0.4, 0.5) is 0 Å². The van der Waals surface area contributed by atoms with Crippen molar-refractivity contribution in [2.75, 3.05) is 13.1 Å². The van der Waals surface area contributed by atoms with Crippen LogP contribution in [0.1, 0.15) is 40.5 Å². The van der Waals surface area contributed by atoms with Gasteiger partial charge in [-0.25, -0.2) is 13.1 Å². The molecule has 2 atom stereocenters. The van der Waals surface area contributed by atoms with Crippen LogP contribution in [0.2, 0.25) is 0 Å². The van der Waals surface area contributed by atoms with Crippen molar-refractivity contribution < 1.29 is 8.42 Å². The highest BCUT2D eigenvalue weighted by Crippen LogP contribution is 2.16. The molecule has 2 unspecified atom stereocenters. The first-order valence-corrected chi connectivity index (χ1v) is 7.43. The number of sulfonamides is 1. The molecule has 2 N–H and O–H groups in total. The van der Waals surface area contributed by atoms with Gasteiger partial charge in [0.15, 0.2) is 0 Å². The van der Waals surface area contributed by atoms with Crippen LogP contribution in [0, 0.1) is 5.92 Å². The molecule has 0 aliphatic carbocycles. The monoisotopic (exact) mass is 248 g/mol. The second kappa shape index (κ2) is 5.02. The molecule has 0 amide bonds. The molecule has 16 heavy (non-hydrogen) atoms. The summed E-state index contributed by atoms with van der Waals surface area (Å²) >= 11 is 0. The summed E-state index contributed by atoms with van der Waals surface area (Å²) in [6.45, 7) is 8.78. The number of rotatable bonds is 3. The standard InChI is InChI=1S/C11H24N2O2S/c1-9-5-6-10(7-12-9)8-13-16(14,15)11(2,3)4/h9-10,12-13H,5-8H2,1-4H3. The maximum atomic E-state index is 11.8. The van der Waals surface area contributed by atoms with Crippen LogP contribution in [-0.2, 0) is 10.0 Å². The Morgan fingerprint density at radius 3 is 2.38 bits per heavy atom. The van der Waals surface area contributed by atoms with Crippen molar-refractivity contribution in [2.45, 2.75) is 51.3 Å². The lowest BCUT2D eigenvalue weighted by atomic mass is 9.96. The van der Waals surface area contributed by atoms with Crippen LogP contribution in [-0.4, -0.2) is 32.3 Å². The van der Waals surface area contributed by atoms with Gasteiger partial charge in [-0.05, 0) is 53.0 Å². The zero-order chi connectivity index (χ0) is 12.4. The Balaban J connectivity index is 2.41. The molecule has 0 aromatic carbocycles. The van der Waals surface area contributed by atoms with E-state index >= 15 is 0 Å². The molecule has 0 saturated carbocycles. The molecule has 4 nitrogen and oxygen atoms in total. The predicted octanol–water partition coefficient (Wildman–Crippen LogP) is 1.09. The molecule has 0 radical (unpaired) electrons. The maximum Gasteiger partial charge on any atom is 0.216 e. The van der Waals surface area contributed by atoms with Crippen LogP contribution in [0.3, 0.4) is 0 Å². The van der Waals surface area contributed by atoms with Gasteiger partial charge in [0.05, 0.1) is 4.75 Å². The Bertz CT molecular complexity index is 311. The molecular weight excluding hydrogens is 224 g/mol. The number of nitrogens with one attached hydrogen (secondary N) is 2. The van der Waals surface area contributed by atoms with Gasteiger partial charge in [-0.15, -0.1) is 0 Å². The summed E-state index contributed by atoms with van der Waals surface area (Å²) in [6, 6.07) is 0.565. The fourth-order valence-corrected chi connectivity index (χ4v) is 2.56. The van der Waals surface area contributed by atoms with Gasteiger partial charge in [0, 0.05) is 12.6 Å². The van der Waals surface area contributed by atoms with Gasteiger partial charge in [0.25, 0.3) is 0 Å². The fourth-order valence-electron chi connectivity index (χ4n) is 1.68. The summed E-state index contributed by atoms with van der Waals surface area (Å²) in [7, 11) is -3.19. The number of hydrogen-bond acceptors (Lipinski definition) is 3. The van der Waals surface area contributed by atoms with Crippen LogP contribution in [0.15, 0.2) is 0 Å². The highest BCUT2D eigenvalue weighted by Gasteiger charge is 2.29. The van der Waals surface area contributed by atoms with E-state index in [0.29, 0.717) is 18.5 Å². The first-order valence-electron chi connectivity index (χ1n) is 5.95. The lowest BCUT2D eigenvalue weighted by molar-refractivity contribution is 0.322. The lowest BCUT2D eigenvalue weighted by Crippen LogP contribution is -2.45. The molecule has 0 aromatic heterocycles. The predicted molar refractivity (Wildman–Crippen MR) is 66.9 cm³/mol. The van der Waals surface area contributed by atoms with Crippen molar-refractivity contribution in [1.82, 2.24) is 10.0 Å². The Kier molecular flexibility index (Phi) is 4.37. The second-order valence-electron chi connectivity index (χ2n) is 5.72. The Morgan fingerprint density at radius 1 is 1.31 bits per heavy atom. The Labute approximate surface area is 99.2 Å². The Morgan fingerprint density at radius 2 is 1.94 bits per heavy atom. The first-order chi connectivity index (χ1) is 7.22. The summed E-state index contributed by atoms with van der Waals surface area (Å²) in [6.07, 6.45) is 2.22. The zero-order valence-electron chi connectivity index (χ0n) is 10.7. The summed E-state index contributed by atoms with van der Waals surface area (Å²) < 4.78 is 25.7. The minimum Gasteiger partial charge on any atom is -0.314 e. The molecule has 96 valence electrons. The van der Waals surface area contributed by atoms with Gasteiger partial charge in [0.1, 0.15) is 0 Å². The van der Waals surface area contributed by atoms with E-state index in [1.807, 2.05) is 0 Å². The lowest BCUT2D eigenvalue weighted by Gasteiger charge is -2.29. The van der Waals surface area contributed by atoms with Gasteiger partial charge < -0.3 is 5.32 Å². The molecule has 1 rings (SSSR count). The van der Waals surface area contributed by atoms with Gasteiger partial charge in [-0.1, -0.05) is 0 Å². The van der Waals surface area contributed by atoms with E-state index in [1.54, 1.807) is 20.8 Å². The SMILES string of the molecule is CC1CCC(CNS(=O)(=O)C(C)(C)C)CN1. The fraction of sp³-hybridized carbons (Fsp3) is 1.00. The molecule has 5 heteroatoms. The molecule has 1 aliphatic rings. The summed E-state index contributed by atoms with van der Waals surface area (Å²) in [5.41, 5.74) is 0. The molecule has 1 heterocycles. The van der Waals surface area contributed by atoms with E-state index in [1.165, 1.54) is 0 Å². The quantitative estimate of drug-likeness (QED) is 0.786. The van der Waals surface area contributed by atoms with Gasteiger partial charge in [-0.3, -0.25) is 0 Å². The van der Waals surface area contributed by atoms with E-state index in [0.717, 1.165) is 19.4 Å². The highest BCUT2D eigenvalue weighted by atomic mass is 32.2. The molecule has 0 bridgehead atoms. The molecule has 0 spiro atoms. The van der Waals surface area contributed by atoms with E-state index in [2.05, 4.69) is 17.0 Å². The third kappa shape index (κ3) is 3.71. The van der Waals surface area contributed by atoms with Crippen LogP contribution < -0.4 is 10.0 Å². The van der Waals surface area contributed by atoms with Crippen molar-refractivity contribution in [3.63, 3.8) is 0 Å². The largest absolute Gasteiger partial charge is 0.314 e. The summed E-state index contributed by atoms with van der Waals surface area (Å²) in [4.78, 5) is 0. The van der Waals surface area contributed by atoms with Crippen molar-refractivity contribution in [3.05, 3.63) is 0 Å². The average molecular weight is 248 g/mol. The van der Waals surface area contributed by atoms with Crippen LogP contribution in [0.5, 0.6) is 0 Å². The molecule has 1 aliphatic heterocycles. The molecule has 1 fully saturated rings. The molecule has 0 aromatic rings. The van der Waals surface area contributed by atoms with E-state index < -0.39 is 14.8 Å². The van der Waals surface area contributed by atoms with Crippen molar-refractivity contribution >= 4 is 10.0 Å². The zero-order valence-corrected chi connectivity index (χ0v) is 11.5. The maximum absolute atomic E-state index is 11.8.